The van der Waals surface area contributed by atoms with Crippen molar-refractivity contribution in [3.63, 3.8) is 0 Å². The van der Waals surface area contributed by atoms with E-state index in [0.29, 0.717) is 0 Å². The first kappa shape index (κ1) is 16.6. The second kappa shape index (κ2) is 5.92. The van der Waals surface area contributed by atoms with Gasteiger partial charge in [0.15, 0.2) is 0 Å². The van der Waals surface area contributed by atoms with Crippen molar-refractivity contribution < 1.29 is 19.4 Å². The molecule has 15 heavy (non-hydrogen) atoms. The van der Waals surface area contributed by atoms with Crippen LogP contribution in [0.2, 0.25) is 0 Å². The molecule has 0 spiro atoms. The van der Waals surface area contributed by atoms with Crippen LogP contribution in [0.15, 0.2) is 0 Å². The highest BCUT2D eigenvalue weighted by Crippen LogP contribution is 2.16. The second-order valence-electron chi connectivity index (χ2n) is 3.80. The molecule has 0 aliphatic carbocycles. The van der Waals surface area contributed by atoms with Crippen LogP contribution in [0.3, 0.4) is 0 Å². The van der Waals surface area contributed by atoms with Gasteiger partial charge in [0.1, 0.15) is 5.54 Å². The van der Waals surface area contributed by atoms with Crippen molar-refractivity contribution in [3.8, 4) is 0 Å². The lowest BCUT2D eigenvalue weighted by molar-refractivity contribution is -0.160. The van der Waals surface area contributed by atoms with E-state index in [1.807, 2.05) is 0 Å². The number of nitrogens with two attached hydrogens (primary N) is 1. The van der Waals surface area contributed by atoms with E-state index in [2.05, 4.69) is 0 Å². The Kier molecular flexibility index (Phi) is 6.56. The monoisotopic (exact) mass is 239 g/mol. The minimum atomic E-state index is -1.59. The number of carboxylic acid groups (broad SMARTS) is 1. The molecule has 5 nitrogen and oxygen atoms in total. The smallest absolute Gasteiger partial charge is 0.324 e. The molecule has 3 N–H and O–H groups in total. The molecule has 0 rings (SSSR count). The van der Waals surface area contributed by atoms with Gasteiger partial charge in [0.25, 0.3) is 0 Å². The molecule has 0 unspecified atom stereocenters. The molecule has 0 heterocycles. The van der Waals surface area contributed by atoms with Crippen molar-refractivity contribution in [1.82, 2.24) is 0 Å². The molecule has 0 aromatic rings. The summed E-state index contributed by atoms with van der Waals surface area (Å²) in [7, 11) is 0. The van der Waals surface area contributed by atoms with Crippen LogP contribution in [0.5, 0.6) is 0 Å². The average molecular weight is 240 g/mol. The van der Waals surface area contributed by atoms with Crippen LogP contribution >= 0.6 is 12.4 Å². The highest BCUT2D eigenvalue weighted by Gasteiger charge is 2.40. The van der Waals surface area contributed by atoms with Crippen LogP contribution < -0.4 is 5.73 Å². The lowest BCUT2D eigenvalue weighted by Crippen LogP contribution is -2.53. The van der Waals surface area contributed by atoms with E-state index in [1.54, 1.807) is 13.8 Å². The molecule has 0 aliphatic heterocycles. The van der Waals surface area contributed by atoms with Crippen LogP contribution in [-0.4, -0.2) is 28.7 Å². The molecule has 0 fully saturated rings. The van der Waals surface area contributed by atoms with Crippen molar-refractivity contribution in [1.29, 1.82) is 0 Å². The topological polar surface area (TPSA) is 89.6 Å². The first-order valence-corrected chi connectivity index (χ1v) is 4.42. The molecule has 0 radical (unpaired) electrons. The Labute approximate surface area is 95.4 Å². The summed E-state index contributed by atoms with van der Waals surface area (Å²) in [6.45, 7) is 6.12. The number of hydrogen-bond acceptors (Lipinski definition) is 4. The fourth-order valence-electron chi connectivity index (χ4n) is 0.764. The van der Waals surface area contributed by atoms with E-state index in [-0.39, 0.29) is 18.5 Å². The summed E-state index contributed by atoms with van der Waals surface area (Å²) in [5.74, 6) is -2.68. The summed E-state index contributed by atoms with van der Waals surface area (Å²) in [5, 5.41) is 8.76. The van der Waals surface area contributed by atoms with Gasteiger partial charge in [-0.2, -0.15) is 0 Å². The number of halogens is 1. The van der Waals surface area contributed by atoms with Gasteiger partial charge < -0.3 is 15.6 Å². The Balaban J connectivity index is 0. The van der Waals surface area contributed by atoms with E-state index in [1.165, 1.54) is 13.8 Å². The number of carboxylic acids is 1. The molecule has 0 amide bonds. The highest BCUT2D eigenvalue weighted by molar-refractivity contribution is 5.86. The fraction of sp³-hybridized carbons (Fsp3) is 0.778. The van der Waals surface area contributed by atoms with Crippen LogP contribution in [0.1, 0.15) is 27.7 Å². The number of ether oxygens (including phenoxy) is 1. The SMILES string of the molecule is CC(C)OC(=O)[C@@H](C)[C@](C)(N)C(=O)O.Cl. The summed E-state index contributed by atoms with van der Waals surface area (Å²) >= 11 is 0. The standard InChI is InChI=1S/C9H17NO4.ClH/c1-5(2)14-7(11)6(3)9(4,10)8(12)13;/h5-6H,10H2,1-4H3,(H,12,13);1H/t6-,9+;/m1./s1. The van der Waals surface area contributed by atoms with Crippen LogP contribution in [-0.2, 0) is 14.3 Å². The van der Waals surface area contributed by atoms with Crippen LogP contribution in [0, 0.1) is 5.92 Å². The summed E-state index contributed by atoms with van der Waals surface area (Å²) in [6, 6.07) is 0. The molecule has 0 bridgehead atoms. The van der Waals surface area contributed by atoms with E-state index in [0.717, 1.165) is 0 Å². The summed E-state index contributed by atoms with van der Waals surface area (Å²) in [6.07, 6.45) is -0.269. The third kappa shape index (κ3) is 4.48. The van der Waals surface area contributed by atoms with Gasteiger partial charge >= 0.3 is 11.9 Å². The first-order valence-electron chi connectivity index (χ1n) is 4.42. The third-order valence-corrected chi connectivity index (χ3v) is 2.07. The minimum absolute atomic E-state index is 0. The molecular weight excluding hydrogens is 222 g/mol. The molecule has 0 aromatic carbocycles. The maximum absolute atomic E-state index is 11.3. The van der Waals surface area contributed by atoms with Crippen molar-refractivity contribution in [2.45, 2.75) is 39.3 Å². The number of aliphatic carboxylic acids is 1. The van der Waals surface area contributed by atoms with Gasteiger partial charge in [-0.15, -0.1) is 12.4 Å². The van der Waals surface area contributed by atoms with Gasteiger partial charge in [0.2, 0.25) is 0 Å². The van der Waals surface area contributed by atoms with Crippen molar-refractivity contribution in [2.75, 3.05) is 0 Å². The molecule has 0 saturated heterocycles. The Morgan fingerprint density at radius 1 is 1.33 bits per heavy atom. The lowest BCUT2D eigenvalue weighted by Gasteiger charge is -2.25. The maximum Gasteiger partial charge on any atom is 0.324 e. The van der Waals surface area contributed by atoms with Gasteiger partial charge in [0, 0.05) is 0 Å². The van der Waals surface area contributed by atoms with Crippen LogP contribution in [0.25, 0.3) is 0 Å². The predicted octanol–water partition coefficient (Wildman–Crippen LogP) is 0.798. The largest absolute Gasteiger partial charge is 0.480 e. The fourth-order valence-corrected chi connectivity index (χ4v) is 0.764. The number of hydrogen-bond donors (Lipinski definition) is 2. The minimum Gasteiger partial charge on any atom is -0.480 e. The van der Waals surface area contributed by atoms with Gasteiger partial charge in [-0.25, -0.2) is 0 Å². The number of carbonyl (C=O) groups excluding carboxylic acids is 1. The summed E-state index contributed by atoms with van der Waals surface area (Å²) in [5.41, 5.74) is 3.89. The molecule has 0 saturated carbocycles. The first-order chi connectivity index (χ1) is 6.19. The molecule has 90 valence electrons. The van der Waals surface area contributed by atoms with E-state index < -0.39 is 23.4 Å². The van der Waals surface area contributed by atoms with E-state index in [9.17, 15) is 9.59 Å². The Bertz CT molecular complexity index is 240. The third-order valence-electron chi connectivity index (χ3n) is 2.07. The van der Waals surface area contributed by atoms with Gasteiger partial charge in [-0.3, -0.25) is 9.59 Å². The van der Waals surface area contributed by atoms with Crippen molar-refractivity contribution >= 4 is 24.3 Å². The van der Waals surface area contributed by atoms with E-state index in [4.69, 9.17) is 15.6 Å². The summed E-state index contributed by atoms with van der Waals surface area (Å²) < 4.78 is 4.87. The molecule has 0 aromatic heterocycles. The Hall–Kier alpha value is -0.810. The Morgan fingerprint density at radius 3 is 2.00 bits per heavy atom. The Morgan fingerprint density at radius 2 is 1.73 bits per heavy atom. The van der Waals surface area contributed by atoms with Crippen molar-refractivity contribution in [3.05, 3.63) is 0 Å². The van der Waals surface area contributed by atoms with Crippen LogP contribution in [0.4, 0.5) is 0 Å². The molecule has 0 aliphatic rings. The number of rotatable bonds is 4. The zero-order valence-corrected chi connectivity index (χ0v) is 10.1. The maximum atomic E-state index is 11.3. The number of carbonyl (C=O) groups is 2. The molecule has 2 atom stereocenters. The normalized spacial score (nSPS) is 16.1. The second-order valence-corrected chi connectivity index (χ2v) is 3.80. The quantitative estimate of drug-likeness (QED) is 0.709. The predicted molar refractivity (Wildman–Crippen MR) is 57.9 cm³/mol. The van der Waals surface area contributed by atoms with Gasteiger partial charge in [-0.1, -0.05) is 0 Å². The lowest BCUT2D eigenvalue weighted by atomic mass is 9.88. The zero-order valence-electron chi connectivity index (χ0n) is 9.31. The molecular formula is C9H18ClNO4. The molecule has 6 heteroatoms. The summed E-state index contributed by atoms with van der Waals surface area (Å²) in [4.78, 5) is 22.1. The van der Waals surface area contributed by atoms with E-state index >= 15 is 0 Å². The highest BCUT2D eigenvalue weighted by atomic mass is 35.5. The van der Waals surface area contributed by atoms with Gasteiger partial charge in [-0.05, 0) is 27.7 Å². The van der Waals surface area contributed by atoms with Gasteiger partial charge in [0.05, 0.1) is 12.0 Å². The average Bonchev–Trinajstić information content (AvgIpc) is 2.01. The zero-order chi connectivity index (χ0) is 11.5. The van der Waals surface area contributed by atoms with Crippen molar-refractivity contribution in [2.24, 2.45) is 11.7 Å². The number of esters is 1.